The van der Waals surface area contributed by atoms with E-state index in [4.69, 9.17) is 0 Å². The summed E-state index contributed by atoms with van der Waals surface area (Å²) >= 11 is 0. The smallest absolute Gasteiger partial charge is 0.246 e. The van der Waals surface area contributed by atoms with Crippen molar-refractivity contribution in [2.75, 3.05) is 13.1 Å². The van der Waals surface area contributed by atoms with Crippen LogP contribution in [-0.2, 0) is 23.1 Å². The molecule has 0 bridgehead atoms. The van der Waals surface area contributed by atoms with Crippen LogP contribution in [0.25, 0.3) is 0 Å². The summed E-state index contributed by atoms with van der Waals surface area (Å²) in [6, 6.07) is -0.353. The number of carbonyl (C=O) groups excluding carboxylic acids is 2. The molecular weight excluding hydrogens is 232 g/mol. The number of aryl methyl sites for hydroxylation is 1. The van der Waals surface area contributed by atoms with E-state index in [9.17, 15) is 9.59 Å². The van der Waals surface area contributed by atoms with E-state index < -0.39 is 0 Å². The molecule has 0 aliphatic carbocycles. The Labute approximate surface area is 106 Å². The molecule has 1 aliphatic heterocycles. The fourth-order valence-corrected chi connectivity index (χ4v) is 2.17. The van der Waals surface area contributed by atoms with E-state index in [0.717, 1.165) is 12.0 Å². The number of hydrogen-bond donors (Lipinski definition) is 1. The fourth-order valence-electron chi connectivity index (χ4n) is 2.17. The molecule has 0 aromatic carbocycles. The zero-order chi connectivity index (χ0) is 13.1. The molecule has 0 spiro atoms. The van der Waals surface area contributed by atoms with Gasteiger partial charge < -0.3 is 5.32 Å². The van der Waals surface area contributed by atoms with Crippen molar-refractivity contribution in [1.82, 2.24) is 20.0 Å². The Bertz CT molecular complexity index is 455. The molecule has 0 radical (unpaired) electrons. The number of nitrogens with zero attached hydrogens (tertiary/aromatic N) is 3. The number of nitrogens with one attached hydrogen (secondary N) is 1. The van der Waals surface area contributed by atoms with Crippen LogP contribution < -0.4 is 5.32 Å². The molecular formula is C12H18N4O2. The third-order valence-corrected chi connectivity index (χ3v) is 3.12. The van der Waals surface area contributed by atoms with Crippen LogP contribution in [0.1, 0.15) is 18.9 Å². The summed E-state index contributed by atoms with van der Waals surface area (Å²) < 4.78 is 1.75. The highest BCUT2D eigenvalue weighted by Gasteiger charge is 2.36. The minimum absolute atomic E-state index is 0.0821. The van der Waals surface area contributed by atoms with E-state index in [-0.39, 0.29) is 24.3 Å². The number of aromatic nitrogens is 2. The van der Waals surface area contributed by atoms with Gasteiger partial charge in [-0.1, -0.05) is 0 Å². The fraction of sp³-hybridized carbons (Fsp3) is 0.583. The van der Waals surface area contributed by atoms with Crippen molar-refractivity contribution in [2.24, 2.45) is 7.05 Å². The molecule has 6 nitrogen and oxygen atoms in total. The normalized spacial score (nSPS) is 19.9. The van der Waals surface area contributed by atoms with Crippen molar-refractivity contribution >= 4 is 11.8 Å². The predicted molar refractivity (Wildman–Crippen MR) is 65.7 cm³/mol. The summed E-state index contributed by atoms with van der Waals surface area (Å²) in [7, 11) is 1.87. The Morgan fingerprint density at radius 2 is 2.28 bits per heavy atom. The lowest BCUT2D eigenvalue weighted by atomic mass is 10.2. The molecule has 98 valence electrons. The Kier molecular flexibility index (Phi) is 3.76. The quantitative estimate of drug-likeness (QED) is 0.729. The first-order chi connectivity index (χ1) is 8.61. The minimum atomic E-state index is -0.353. The summed E-state index contributed by atoms with van der Waals surface area (Å²) in [6.45, 7) is 2.94. The molecule has 2 amide bonds. The van der Waals surface area contributed by atoms with Crippen LogP contribution in [0.2, 0.25) is 0 Å². The molecule has 1 aromatic rings. The molecule has 1 unspecified atom stereocenters. The van der Waals surface area contributed by atoms with Crippen LogP contribution in [0.15, 0.2) is 12.4 Å². The molecule has 1 N–H and O–H groups in total. The predicted octanol–water partition coefficient (Wildman–Crippen LogP) is -0.300. The average molecular weight is 250 g/mol. The lowest BCUT2D eigenvalue weighted by Gasteiger charge is -2.12. The average Bonchev–Trinajstić information content (AvgIpc) is 2.85. The van der Waals surface area contributed by atoms with Gasteiger partial charge in [-0.15, -0.1) is 0 Å². The van der Waals surface area contributed by atoms with Crippen LogP contribution in [-0.4, -0.2) is 45.6 Å². The van der Waals surface area contributed by atoms with E-state index in [1.165, 1.54) is 4.90 Å². The monoisotopic (exact) mass is 250 g/mol. The van der Waals surface area contributed by atoms with E-state index in [2.05, 4.69) is 10.4 Å². The van der Waals surface area contributed by atoms with Gasteiger partial charge >= 0.3 is 0 Å². The van der Waals surface area contributed by atoms with Crippen LogP contribution in [0, 0.1) is 0 Å². The lowest BCUT2D eigenvalue weighted by Crippen LogP contribution is -2.39. The van der Waals surface area contributed by atoms with Gasteiger partial charge in [0.05, 0.1) is 18.7 Å². The highest BCUT2D eigenvalue weighted by atomic mass is 16.2. The van der Waals surface area contributed by atoms with Crippen LogP contribution in [0.4, 0.5) is 0 Å². The summed E-state index contributed by atoms with van der Waals surface area (Å²) in [4.78, 5) is 24.6. The molecule has 1 saturated heterocycles. The SMILES string of the molecule is CCN1C(=O)CC(NCCc2cnn(C)c2)C1=O. The summed E-state index contributed by atoms with van der Waals surface area (Å²) in [5.41, 5.74) is 1.12. The minimum Gasteiger partial charge on any atom is -0.305 e. The van der Waals surface area contributed by atoms with Gasteiger partial charge in [-0.25, -0.2) is 0 Å². The second-order valence-corrected chi connectivity index (χ2v) is 4.46. The number of likely N-dealkylation sites (N-methyl/N-ethyl adjacent to an activating group) is 1. The second kappa shape index (κ2) is 5.30. The van der Waals surface area contributed by atoms with Crippen molar-refractivity contribution in [3.63, 3.8) is 0 Å². The highest BCUT2D eigenvalue weighted by Crippen LogP contribution is 2.12. The van der Waals surface area contributed by atoms with Crippen molar-refractivity contribution in [2.45, 2.75) is 25.8 Å². The van der Waals surface area contributed by atoms with E-state index in [0.29, 0.717) is 13.1 Å². The first-order valence-electron chi connectivity index (χ1n) is 6.17. The largest absolute Gasteiger partial charge is 0.305 e. The molecule has 1 atom stereocenters. The van der Waals surface area contributed by atoms with Gasteiger partial charge in [0.1, 0.15) is 0 Å². The Morgan fingerprint density at radius 3 is 2.83 bits per heavy atom. The van der Waals surface area contributed by atoms with Gasteiger partial charge in [-0.05, 0) is 18.9 Å². The molecule has 6 heteroatoms. The molecule has 1 aromatic heterocycles. The van der Waals surface area contributed by atoms with Gasteiger partial charge in [0.25, 0.3) is 0 Å². The number of hydrogen-bond acceptors (Lipinski definition) is 4. The zero-order valence-electron chi connectivity index (χ0n) is 10.7. The third-order valence-electron chi connectivity index (χ3n) is 3.12. The van der Waals surface area contributed by atoms with Crippen molar-refractivity contribution in [3.05, 3.63) is 18.0 Å². The Morgan fingerprint density at radius 1 is 1.50 bits per heavy atom. The summed E-state index contributed by atoms with van der Waals surface area (Å²) in [5.74, 6) is -0.185. The molecule has 0 saturated carbocycles. The summed E-state index contributed by atoms with van der Waals surface area (Å²) in [5, 5.41) is 7.21. The lowest BCUT2D eigenvalue weighted by molar-refractivity contribution is -0.138. The van der Waals surface area contributed by atoms with Crippen LogP contribution in [0.3, 0.4) is 0 Å². The number of carbonyl (C=O) groups is 2. The van der Waals surface area contributed by atoms with Gasteiger partial charge in [0.2, 0.25) is 11.8 Å². The number of rotatable bonds is 5. The molecule has 2 rings (SSSR count). The maximum Gasteiger partial charge on any atom is 0.246 e. The number of imide groups is 1. The van der Waals surface area contributed by atoms with Gasteiger partial charge in [0.15, 0.2) is 0 Å². The second-order valence-electron chi connectivity index (χ2n) is 4.46. The van der Waals surface area contributed by atoms with E-state index in [1.54, 1.807) is 4.68 Å². The van der Waals surface area contributed by atoms with E-state index >= 15 is 0 Å². The molecule has 18 heavy (non-hydrogen) atoms. The highest BCUT2D eigenvalue weighted by molar-refractivity contribution is 6.05. The Balaban J connectivity index is 1.81. The van der Waals surface area contributed by atoms with Crippen LogP contribution in [0.5, 0.6) is 0 Å². The zero-order valence-corrected chi connectivity index (χ0v) is 10.7. The van der Waals surface area contributed by atoms with Crippen LogP contribution >= 0.6 is 0 Å². The maximum absolute atomic E-state index is 11.8. The topological polar surface area (TPSA) is 67.2 Å². The first kappa shape index (κ1) is 12.8. The van der Waals surface area contributed by atoms with E-state index in [1.807, 2.05) is 26.4 Å². The van der Waals surface area contributed by atoms with Gasteiger partial charge in [-0.3, -0.25) is 19.2 Å². The van der Waals surface area contributed by atoms with Gasteiger partial charge in [0, 0.05) is 26.3 Å². The van der Waals surface area contributed by atoms with Crippen molar-refractivity contribution < 1.29 is 9.59 Å². The van der Waals surface area contributed by atoms with Crippen molar-refractivity contribution in [3.8, 4) is 0 Å². The number of likely N-dealkylation sites (tertiary alicyclic amines) is 1. The molecule has 2 heterocycles. The van der Waals surface area contributed by atoms with Crippen molar-refractivity contribution in [1.29, 1.82) is 0 Å². The third kappa shape index (κ3) is 2.59. The Hall–Kier alpha value is -1.69. The maximum atomic E-state index is 11.8. The van der Waals surface area contributed by atoms with Gasteiger partial charge in [-0.2, -0.15) is 5.10 Å². The standard InChI is InChI=1S/C12H18N4O2/c1-3-16-11(17)6-10(12(16)18)13-5-4-9-7-14-15(2)8-9/h7-8,10,13H,3-6H2,1-2H3. The molecule has 1 fully saturated rings. The number of amides is 2. The summed E-state index contributed by atoms with van der Waals surface area (Å²) in [6.07, 6.45) is 4.83. The first-order valence-corrected chi connectivity index (χ1v) is 6.17. The molecule has 1 aliphatic rings.